The second kappa shape index (κ2) is 5.52. The van der Waals surface area contributed by atoms with Crippen LogP contribution >= 0.6 is 22.6 Å². The van der Waals surface area contributed by atoms with E-state index in [2.05, 4.69) is 27.9 Å². The quantitative estimate of drug-likeness (QED) is 0.809. The fraction of sp³-hybridized carbons (Fsp3) is 0.133. The second-order valence-electron chi connectivity index (χ2n) is 4.23. The second-order valence-corrected chi connectivity index (χ2v) is 5.47. The SMILES string of the molecule is Cc1cc(I)ccc1NC(=O)c1ccccc1C. The van der Waals surface area contributed by atoms with Crippen LogP contribution in [0.25, 0.3) is 0 Å². The molecule has 1 N–H and O–H groups in total. The van der Waals surface area contributed by atoms with Gasteiger partial charge >= 0.3 is 0 Å². The van der Waals surface area contributed by atoms with Crippen LogP contribution in [0, 0.1) is 17.4 Å². The molecular weight excluding hydrogens is 337 g/mol. The number of aryl methyl sites for hydroxylation is 2. The number of benzene rings is 2. The number of carbonyl (C=O) groups excluding carboxylic acids is 1. The van der Waals surface area contributed by atoms with Gasteiger partial charge in [-0.1, -0.05) is 18.2 Å². The van der Waals surface area contributed by atoms with Crippen LogP contribution in [-0.4, -0.2) is 5.91 Å². The van der Waals surface area contributed by atoms with Crippen molar-refractivity contribution in [2.45, 2.75) is 13.8 Å². The number of halogens is 1. The minimum atomic E-state index is -0.0580. The number of hydrogen-bond acceptors (Lipinski definition) is 1. The Kier molecular flexibility index (Phi) is 4.01. The lowest BCUT2D eigenvalue weighted by molar-refractivity contribution is 0.102. The van der Waals surface area contributed by atoms with E-state index >= 15 is 0 Å². The lowest BCUT2D eigenvalue weighted by atomic mass is 10.1. The summed E-state index contributed by atoms with van der Waals surface area (Å²) in [6.07, 6.45) is 0. The largest absolute Gasteiger partial charge is 0.322 e. The van der Waals surface area contributed by atoms with E-state index in [1.165, 1.54) is 3.57 Å². The Morgan fingerprint density at radius 3 is 2.44 bits per heavy atom. The van der Waals surface area contributed by atoms with Gasteiger partial charge in [-0.2, -0.15) is 0 Å². The molecule has 0 saturated heterocycles. The van der Waals surface area contributed by atoms with Gasteiger partial charge in [0.1, 0.15) is 0 Å². The van der Waals surface area contributed by atoms with Gasteiger partial charge < -0.3 is 5.32 Å². The summed E-state index contributed by atoms with van der Waals surface area (Å²) in [6, 6.07) is 13.6. The van der Waals surface area contributed by atoms with E-state index in [1.54, 1.807) is 0 Å². The minimum Gasteiger partial charge on any atom is -0.322 e. The van der Waals surface area contributed by atoms with Crippen molar-refractivity contribution in [3.05, 3.63) is 62.7 Å². The molecule has 3 heteroatoms. The molecule has 0 unspecified atom stereocenters. The van der Waals surface area contributed by atoms with Crippen LogP contribution in [0.2, 0.25) is 0 Å². The molecule has 0 aliphatic rings. The van der Waals surface area contributed by atoms with Crippen molar-refractivity contribution in [2.75, 3.05) is 5.32 Å². The molecule has 2 aromatic rings. The highest BCUT2D eigenvalue weighted by Crippen LogP contribution is 2.19. The van der Waals surface area contributed by atoms with Gasteiger partial charge in [0.15, 0.2) is 0 Å². The minimum absolute atomic E-state index is 0.0580. The number of anilines is 1. The van der Waals surface area contributed by atoms with E-state index < -0.39 is 0 Å². The molecule has 18 heavy (non-hydrogen) atoms. The summed E-state index contributed by atoms with van der Waals surface area (Å²) in [5.74, 6) is -0.0580. The third kappa shape index (κ3) is 2.90. The highest BCUT2D eigenvalue weighted by atomic mass is 127. The molecule has 2 nitrogen and oxygen atoms in total. The Morgan fingerprint density at radius 1 is 1.06 bits per heavy atom. The number of amides is 1. The predicted molar refractivity (Wildman–Crippen MR) is 83.0 cm³/mol. The van der Waals surface area contributed by atoms with Crippen LogP contribution in [0.3, 0.4) is 0 Å². The highest BCUT2D eigenvalue weighted by Gasteiger charge is 2.09. The molecular formula is C15H14INO. The summed E-state index contributed by atoms with van der Waals surface area (Å²) in [5.41, 5.74) is 3.64. The normalized spacial score (nSPS) is 10.2. The molecule has 0 atom stereocenters. The molecule has 0 bridgehead atoms. The first-order valence-corrected chi connectivity index (χ1v) is 6.79. The number of carbonyl (C=O) groups is 1. The van der Waals surface area contributed by atoms with Crippen molar-refractivity contribution in [2.24, 2.45) is 0 Å². The monoisotopic (exact) mass is 351 g/mol. The lowest BCUT2D eigenvalue weighted by Gasteiger charge is -2.10. The average molecular weight is 351 g/mol. The first-order chi connectivity index (χ1) is 8.58. The maximum atomic E-state index is 12.2. The number of nitrogens with one attached hydrogen (secondary N) is 1. The third-order valence-corrected chi connectivity index (χ3v) is 3.50. The molecule has 0 radical (unpaired) electrons. The van der Waals surface area contributed by atoms with E-state index in [9.17, 15) is 4.79 Å². The molecule has 0 aliphatic heterocycles. The van der Waals surface area contributed by atoms with Gasteiger partial charge in [-0.25, -0.2) is 0 Å². The van der Waals surface area contributed by atoms with Crippen molar-refractivity contribution in [1.29, 1.82) is 0 Å². The van der Waals surface area contributed by atoms with Crippen molar-refractivity contribution >= 4 is 34.2 Å². The Bertz CT molecular complexity index is 593. The Labute approximate surface area is 121 Å². The van der Waals surface area contributed by atoms with Gasteiger partial charge in [-0.3, -0.25) is 4.79 Å². The van der Waals surface area contributed by atoms with E-state index in [0.29, 0.717) is 0 Å². The molecule has 0 saturated carbocycles. The van der Waals surface area contributed by atoms with Crippen molar-refractivity contribution in [3.63, 3.8) is 0 Å². The molecule has 1 amide bonds. The van der Waals surface area contributed by atoms with Crippen molar-refractivity contribution in [1.82, 2.24) is 0 Å². The fourth-order valence-electron chi connectivity index (χ4n) is 1.78. The first-order valence-electron chi connectivity index (χ1n) is 5.71. The molecule has 0 fully saturated rings. The van der Waals surface area contributed by atoms with Crippen LogP contribution in [0.5, 0.6) is 0 Å². The van der Waals surface area contributed by atoms with Crippen molar-refractivity contribution < 1.29 is 4.79 Å². The van der Waals surface area contributed by atoms with E-state index in [0.717, 1.165) is 22.4 Å². The fourth-order valence-corrected chi connectivity index (χ4v) is 2.43. The summed E-state index contributed by atoms with van der Waals surface area (Å²) in [7, 11) is 0. The van der Waals surface area contributed by atoms with Crippen LogP contribution in [0.15, 0.2) is 42.5 Å². The van der Waals surface area contributed by atoms with Crippen LogP contribution in [-0.2, 0) is 0 Å². The maximum absolute atomic E-state index is 12.2. The van der Waals surface area contributed by atoms with E-state index in [1.807, 2.05) is 56.3 Å². The standard InChI is InChI=1S/C15H14INO/c1-10-5-3-4-6-13(10)15(18)17-14-8-7-12(16)9-11(14)2/h3-9H,1-2H3,(H,17,18). The molecule has 2 aromatic carbocycles. The zero-order valence-corrected chi connectivity index (χ0v) is 12.5. The molecule has 0 aliphatic carbocycles. The lowest BCUT2D eigenvalue weighted by Crippen LogP contribution is -2.14. The van der Waals surface area contributed by atoms with E-state index in [-0.39, 0.29) is 5.91 Å². The zero-order chi connectivity index (χ0) is 13.1. The molecule has 2 rings (SSSR count). The Morgan fingerprint density at radius 2 is 1.78 bits per heavy atom. The van der Waals surface area contributed by atoms with Gasteiger partial charge in [-0.05, 0) is 71.8 Å². The Balaban J connectivity index is 2.24. The third-order valence-electron chi connectivity index (χ3n) is 2.83. The molecule has 0 spiro atoms. The summed E-state index contributed by atoms with van der Waals surface area (Å²) < 4.78 is 1.17. The van der Waals surface area contributed by atoms with Gasteiger partial charge in [0.2, 0.25) is 0 Å². The van der Waals surface area contributed by atoms with E-state index in [4.69, 9.17) is 0 Å². The van der Waals surface area contributed by atoms with Crippen LogP contribution in [0.4, 0.5) is 5.69 Å². The summed E-state index contributed by atoms with van der Waals surface area (Å²) >= 11 is 2.26. The Hall–Kier alpha value is -1.36. The van der Waals surface area contributed by atoms with Crippen LogP contribution < -0.4 is 5.32 Å². The highest BCUT2D eigenvalue weighted by molar-refractivity contribution is 14.1. The first kappa shape index (κ1) is 13.1. The zero-order valence-electron chi connectivity index (χ0n) is 10.3. The number of rotatable bonds is 2. The smallest absolute Gasteiger partial charge is 0.255 e. The van der Waals surface area contributed by atoms with Gasteiger partial charge in [0.25, 0.3) is 5.91 Å². The van der Waals surface area contributed by atoms with Crippen molar-refractivity contribution in [3.8, 4) is 0 Å². The summed E-state index contributed by atoms with van der Waals surface area (Å²) in [4.78, 5) is 12.2. The summed E-state index contributed by atoms with van der Waals surface area (Å²) in [6.45, 7) is 3.94. The van der Waals surface area contributed by atoms with Gasteiger partial charge in [0.05, 0.1) is 0 Å². The topological polar surface area (TPSA) is 29.1 Å². The molecule has 92 valence electrons. The summed E-state index contributed by atoms with van der Waals surface area (Å²) in [5, 5.41) is 2.95. The molecule has 0 aromatic heterocycles. The maximum Gasteiger partial charge on any atom is 0.255 e. The van der Waals surface area contributed by atoms with Gasteiger partial charge in [-0.15, -0.1) is 0 Å². The average Bonchev–Trinajstić information content (AvgIpc) is 2.33. The predicted octanol–water partition coefficient (Wildman–Crippen LogP) is 4.16. The molecule has 0 heterocycles. The van der Waals surface area contributed by atoms with Gasteiger partial charge in [0, 0.05) is 14.8 Å². The van der Waals surface area contributed by atoms with Crippen LogP contribution in [0.1, 0.15) is 21.5 Å². The number of hydrogen-bond donors (Lipinski definition) is 1.